The van der Waals surface area contributed by atoms with E-state index in [0.29, 0.717) is 0 Å². The lowest BCUT2D eigenvalue weighted by Gasteiger charge is -2.18. The molecule has 1 aromatic rings. The summed E-state index contributed by atoms with van der Waals surface area (Å²) in [4.78, 5) is 6.74. The molecule has 0 radical (unpaired) electrons. The topological polar surface area (TPSA) is 28.2 Å². The van der Waals surface area contributed by atoms with E-state index in [0.717, 1.165) is 43.1 Å². The van der Waals surface area contributed by atoms with Crippen LogP contribution in [0.1, 0.15) is 26.0 Å². The molecule has 0 atom stereocenters. The summed E-state index contributed by atoms with van der Waals surface area (Å²) >= 11 is 0. The first kappa shape index (κ1) is 13.7. The molecule has 17 heavy (non-hydrogen) atoms. The van der Waals surface area contributed by atoms with Crippen LogP contribution in [0.2, 0.25) is 0 Å². The van der Waals surface area contributed by atoms with Gasteiger partial charge >= 0.3 is 0 Å². The minimum Gasteiger partial charge on any atom is -0.356 e. The van der Waals surface area contributed by atoms with E-state index >= 15 is 0 Å². The van der Waals surface area contributed by atoms with Crippen LogP contribution in [0.4, 0.5) is 5.82 Å². The number of nitrogens with zero attached hydrogens (tertiary/aromatic N) is 2. The van der Waals surface area contributed by atoms with Crippen molar-refractivity contribution in [3.63, 3.8) is 0 Å². The van der Waals surface area contributed by atoms with Crippen LogP contribution in [-0.4, -0.2) is 25.1 Å². The molecule has 0 aliphatic rings. The minimum atomic E-state index is 0.836. The predicted molar refractivity (Wildman–Crippen MR) is 74.3 cm³/mol. The second-order valence-corrected chi connectivity index (χ2v) is 4.48. The number of hydrogen-bond acceptors (Lipinski definition) is 3. The molecule has 0 aromatic carbocycles. The molecule has 3 heteroatoms. The second-order valence-electron chi connectivity index (χ2n) is 4.48. The van der Waals surface area contributed by atoms with Crippen molar-refractivity contribution in [2.45, 2.75) is 26.8 Å². The molecule has 0 spiro atoms. The molecule has 0 unspecified atom stereocenters. The van der Waals surface area contributed by atoms with Gasteiger partial charge in [-0.1, -0.05) is 25.1 Å². The summed E-state index contributed by atoms with van der Waals surface area (Å²) in [6.07, 6.45) is 1.15. The highest BCUT2D eigenvalue weighted by Crippen LogP contribution is 2.10. The van der Waals surface area contributed by atoms with Gasteiger partial charge < -0.3 is 10.2 Å². The van der Waals surface area contributed by atoms with Gasteiger partial charge in [0.2, 0.25) is 0 Å². The third-order valence-electron chi connectivity index (χ3n) is 2.42. The van der Waals surface area contributed by atoms with Gasteiger partial charge in [0.1, 0.15) is 5.82 Å². The van der Waals surface area contributed by atoms with Crippen molar-refractivity contribution in [3.05, 3.63) is 36.0 Å². The van der Waals surface area contributed by atoms with Gasteiger partial charge in [-0.05, 0) is 32.0 Å². The fourth-order valence-corrected chi connectivity index (χ4v) is 1.66. The zero-order valence-corrected chi connectivity index (χ0v) is 11.2. The van der Waals surface area contributed by atoms with Gasteiger partial charge in [-0.3, -0.25) is 0 Å². The molecule has 0 saturated heterocycles. The fourth-order valence-electron chi connectivity index (χ4n) is 1.66. The third kappa shape index (κ3) is 5.00. The maximum Gasteiger partial charge on any atom is 0.128 e. The summed E-state index contributed by atoms with van der Waals surface area (Å²) in [6, 6.07) is 6.15. The first-order chi connectivity index (χ1) is 8.13. The van der Waals surface area contributed by atoms with Crippen LogP contribution in [0.15, 0.2) is 30.4 Å². The van der Waals surface area contributed by atoms with Crippen LogP contribution in [0.25, 0.3) is 0 Å². The van der Waals surface area contributed by atoms with Crippen molar-refractivity contribution < 1.29 is 0 Å². The average Bonchev–Trinajstić information content (AvgIpc) is 2.29. The molecular formula is C14H23N3. The smallest absolute Gasteiger partial charge is 0.128 e. The molecule has 3 nitrogen and oxygen atoms in total. The summed E-state index contributed by atoms with van der Waals surface area (Å²) in [7, 11) is 2.04. The molecule has 0 fully saturated rings. The predicted octanol–water partition coefficient (Wildman–Crippen LogP) is 2.59. The third-order valence-corrected chi connectivity index (χ3v) is 2.42. The first-order valence-electron chi connectivity index (χ1n) is 6.15. The van der Waals surface area contributed by atoms with E-state index in [2.05, 4.69) is 40.8 Å². The Balaban J connectivity index is 2.61. The number of likely N-dealkylation sites (N-methyl/N-ethyl adjacent to an activating group) is 1. The second kappa shape index (κ2) is 7.07. The van der Waals surface area contributed by atoms with Gasteiger partial charge in [0.25, 0.3) is 0 Å². The monoisotopic (exact) mass is 233 g/mol. The molecule has 1 rings (SSSR count). The van der Waals surface area contributed by atoms with Crippen molar-refractivity contribution in [1.82, 2.24) is 10.3 Å². The number of hydrogen-bond donors (Lipinski definition) is 1. The zero-order chi connectivity index (χ0) is 12.7. The van der Waals surface area contributed by atoms with Crippen LogP contribution in [0.3, 0.4) is 0 Å². The van der Waals surface area contributed by atoms with E-state index in [-0.39, 0.29) is 0 Å². The van der Waals surface area contributed by atoms with Crippen molar-refractivity contribution in [2.24, 2.45) is 0 Å². The Morgan fingerprint density at radius 1 is 1.47 bits per heavy atom. The van der Waals surface area contributed by atoms with E-state index < -0.39 is 0 Å². The summed E-state index contributed by atoms with van der Waals surface area (Å²) < 4.78 is 0. The lowest BCUT2D eigenvalue weighted by Crippen LogP contribution is -2.21. The number of pyridine rings is 1. The molecule has 0 aliphatic carbocycles. The van der Waals surface area contributed by atoms with Crippen LogP contribution >= 0.6 is 0 Å². The zero-order valence-electron chi connectivity index (χ0n) is 11.2. The number of rotatable bonds is 7. The number of aromatic nitrogens is 1. The Morgan fingerprint density at radius 3 is 2.88 bits per heavy atom. The van der Waals surface area contributed by atoms with Crippen molar-refractivity contribution in [1.29, 1.82) is 0 Å². The van der Waals surface area contributed by atoms with Crippen molar-refractivity contribution in [3.8, 4) is 0 Å². The lowest BCUT2D eigenvalue weighted by atomic mass is 10.3. The first-order valence-corrected chi connectivity index (χ1v) is 6.15. The van der Waals surface area contributed by atoms with Gasteiger partial charge in [0.15, 0.2) is 0 Å². The SMILES string of the molecule is C=C(C)CN(C)c1cccc(CNCCC)n1. The Morgan fingerprint density at radius 2 is 2.24 bits per heavy atom. The Labute approximate surface area is 105 Å². The molecule has 0 amide bonds. The highest BCUT2D eigenvalue weighted by molar-refractivity contribution is 5.39. The molecule has 1 heterocycles. The summed E-state index contributed by atoms with van der Waals surface area (Å²) in [5.74, 6) is 1.00. The van der Waals surface area contributed by atoms with E-state index in [1.807, 2.05) is 20.0 Å². The molecule has 0 saturated carbocycles. The summed E-state index contributed by atoms with van der Waals surface area (Å²) in [5, 5.41) is 3.36. The maximum atomic E-state index is 4.62. The van der Waals surface area contributed by atoms with Gasteiger partial charge in [-0.15, -0.1) is 0 Å². The number of anilines is 1. The van der Waals surface area contributed by atoms with Gasteiger partial charge in [0, 0.05) is 20.1 Å². The van der Waals surface area contributed by atoms with Crippen LogP contribution < -0.4 is 10.2 Å². The highest BCUT2D eigenvalue weighted by atomic mass is 15.2. The minimum absolute atomic E-state index is 0.836. The molecule has 94 valence electrons. The Kier molecular flexibility index (Phi) is 5.70. The van der Waals surface area contributed by atoms with E-state index in [4.69, 9.17) is 0 Å². The van der Waals surface area contributed by atoms with Gasteiger partial charge in [-0.2, -0.15) is 0 Å². The molecule has 0 aliphatic heterocycles. The quantitative estimate of drug-likeness (QED) is 0.579. The normalized spacial score (nSPS) is 10.3. The summed E-state index contributed by atoms with van der Waals surface area (Å²) in [5.41, 5.74) is 2.23. The molecule has 0 bridgehead atoms. The van der Waals surface area contributed by atoms with Crippen molar-refractivity contribution in [2.75, 3.05) is 25.0 Å². The van der Waals surface area contributed by atoms with Crippen molar-refractivity contribution >= 4 is 5.82 Å². The van der Waals surface area contributed by atoms with E-state index in [1.54, 1.807) is 0 Å². The molecule has 1 aromatic heterocycles. The fraction of sp³-hybridized carbons (Fsp3) is 0.500. The Hall–Kier alpha value is -1.35. The van der Waals surface area contributed by atoms with E-state index in [9.17, 15) is 0 Å². The van der Waals surface area contributed by atoms with Crippen LogP contribution in [-0.2, 0) is 6.54 Å². The lowest BCUT2D eigenvalue weighted by molar-refractivity contribution is 0.664. The Bertz CT molecular complexity index is 360. The highest BCUT2D eigenvalue weighted by Gasteiger charge is 2.03. The summed E-state index contributed by atoms with van der Waals surface area (Å²) in [6.45, 7) is 10.8. The molecular weight excluding hydrogens is 210 g/mol. The maximum absolute atomic E-state index is 4.62. The standard InChI is InChI=1S/C14H23N3/c1-5-9-15-10-13-7-6-8-14(16-13)17(4)11-12(2)3/h6-8,15H,2,5,9-11H2,1,3-4H3. The van der Waals surface area contributed by atoms with E-state index in [1.165, 1.54) is 0 Å². The molecule has 1 N–H and O–H groups in total. The van der Waals surface area contributed by atoms with Crippen LogP contribution in [0.5, 0.6) is 0 Å². The largest absolute Gasteiger partial charge is 0.356 e. The van der Waals surface area contributed by atoms with Gasteiger partial charge in [0.05, 0.1) is 5.69 Å². The van der Waals surface area contributed by atoms with Gasteiger partial charge in [-0.25, -0.2) is 4.98 Å². The number of nitrogens with one attached hydrogen (secondary N) is 1. The average molecular weight is 233 g/mol. The van der Waals surface area contributed by atoms with Crippen LogP contribution in [0, 0.1) is 0 Å².